The van der Waals surface area contributed by atoms with Gasteiger partial charge in [-0.15, -0.1) is 0 Å². The van der Waals surface area contributed by atoms with E-state index in [-0.39, 0.29) is 12.1 Å². The lowest BCUT2D eigenvalue weighted by atomic mass is 10.1. The third-order valence-corrected chi connectivity index (χ3v) is 1.73. The molecule has 2 atom stereocenters. The smallest absolute Gasteiger partial charge is 0.0618 e. The van der Waals surface area contributed by atoms with Gasteiger partial charge in [0.25, 0.3) is 0 Å². The van der Waals surface area contributed by atoms with Crippen LogP contribution in [0.2, 0.25) is 0 Å². The molecule has 0 fully saturated rings. The van der Waals surface area contributed by atoms with Gasteiger partial charge in [0, 0.05) is 12.6 Å². The molecule has 3 heteroatoms. The minimum absolute atomic E-state index is 0.0218. The second kappa shape index (κ2) is 7.53. The molecule has 0 amide bonds. The highest BCUT2D eigenvalue weighted by molar-refractivity contribution is 4.65. The van der Waals surface area contributed by atoms with Gasteiger partial charge in [-0.2, -0.15) is 0 Å². The van der Waals surface area contributed by atoms with Crippen molar-refractivity contribution in [2.45, 2.75) is 45.3 Å². The molecule has 0 saturated heterocycles. The summed E-state index contributed by atoms with van der Waals surface area (Å²) in [4.78, 5) is 0. The molecule has 74 valence electrons. The number of aliphatic hydroxyl groups excluding tert-OH is 1. The third kappa shape index (κ3) is 6.58. The van der Waals surface area contributed by atoms with Crippen molar-refractivity contribution in [1.82, 2.24) is 0 Å². The Bertz CT molecular complexity index is 98.5. The quantitative estimate of drug-likeness (QED) is 0.565. The number of nitrogens with two attached hydrogens (primary N) is 1. The average Bonchev–Trinajstić information content (AvgIpc) is 2.05. The maximum Gasteiger partial charge on any atom is 0.0618 e. The molecule has 3 nitrogen and oxygen atoms in total. The zero-order valence-corrected chi connectivity index (χ0v) is 8.12. The van der Waals surface area contributed by atoms with E-state index in [2.05, 4.69) is 6.92 Å². The molecule has 0 aromatic carbocycles. The van der Waals surface area contributed by atoms with E-state index in [0.717, 1.165) is 19.4 Å². The van der Waals surface area contributed by atoms with Crippen molar-refractivity contribution in [3.8, 4) is 0 Å². The standard InChI is InChI=1S/C9H21NO2/c1-3-5-12-7-8(10)6-9(11)4-2/h8-9,11H,3-7,10H2,1-2H3. The molecule has 0 heterocycles. The summed E-state index contributed by atoms with van der Waals surface area (Å²) in [5.41, 5.74) is 5.71. The number of hydrogen-bond donors (Lipinski definition) is 2. The predicted octanol–water partition coefficient (Wildman–Crippen LogP) is 0.901. The van der Waals surface area contributed by atoms with Gasteiger partial charge in [-0.3, -0.25) is 0 Å². The lowest BCUT2D eigenvalue weighted by Crippen LogP contribution is -2.30. The van der Waals surface area contributed by atoms with Gasteiger partial charge >= 0.3 is 0 Å². The van der Waals surface area contributed by atoms with Crippen molar-refractivity contribution >= 4 is 0 Å². The molecule has 0 saturated carbocycles. The van der Waals surface area contributed by atoms with Crippen molar-refractivity contribution in [1.29, 1.82) is 0 Å². The van der Waals surface area contributed by atoms with E-state index >= 15 is 0 Å². The fourth-order valence-electron chi connectivity index (χ4n) is 0.963. The van der Waals surface area contributed by atoms with E-state index in [1.807, 2.05) is 6.92 Å². The summed E-state index contributed by atoms with van der Waals surface area (Å²) < 4.78 is 5.25. The van der Waals surface area contributed by atoms with Gasteiger partial charge in [-0.05, 0) is 19.3 Å². The van der Waals surface area contributed by atoms with Gasteiger partial charge in [0.05, 0.1) is 12.7 Å². The Morgan fingerprint density at radius 2 is 2.08 bits per heavy atom. The number of hydrogen-bond acceptors (Lipinski definition) is 3. The molecule has 2 unspecified atom stereocenters. The zero-order chi connectivity index (χ0) is 9.40. The van der Waals surface area contributed by atoms with Crippen molar-refractivity contribution < 1.29 is 9.84 Å². The fourth-order valence-corrected chi connectivity index (χ4v) is 0.963. The van der Waals surface area contributed by atoms with E-state index < -0.39 is 0 Å². The van der Waals surface area contributed by atoms with E-state index in [1.54, 1.807) is 0 Å². The normalized spacial score (nSPS) is 16.0. The summed E-state index contributed by atoms with van der Waals surface area (Å²) in [5, 5.41) is 9.25. The fraction of sp³-hybridized carbons (Fsp3) is 1.00. The van der Waals surface area contributed by atoms with Gasteiger partial charge in [-0.1, -0.05) is 13.8 Å². The molecule has 3 N–H and O–H groups in total. The molecule has 0 radical (unpaired) electrons. The van der Waals surface area contributed by atoms with Crippen LogP contribution in [-0.4, -0.2) is 30.5 Å². The first kappa shape index (κ1) is 11.9. The van der Waals surface area contributed by atoms with Crippen molar-refractivity contribution in [3.63, 3.8) is 0 Å². The Labute approximate surface area is 74.9 Å². The van der Waals surface area contributed by atoms with Crippen LogP contribution in [0.5, 0.6) is 0 Å². The Morgan fingerprint density at radius 1 is 1.42 bits per heavy atom. The summed E-state index contributed by atoms with van der Waals surface area (Å²) >= 11 is 0. The van der Waals surface area contributed by atoms with E-state index in [0.29, 0.717) is 13.0 Å². The first-order valence-corrected chi connectivity index (χ1v) is 4.72. The molecule has 0 rings (SSSR count). The van der Waals surface area contributed by atoms with Crippen molar-refractivity contribution in [3.05, 3.63) is 0 Å². The molecule has 0 spiro atoms. The highest BCUT2D eigenvalue weighted by Gasteiger charge is 2.08. The lowest BCUT2D eigenvalue weighted by molar-refractivity contribution is 0.0921. The van der Waals surface area contributed by atoms with Gasteiger partial charge in [0.2, 0.25) is 0 Å². The van der Waals surface area contributed by atoms with Crippen molar-refractivity contribution in [2.75, 3.05) is 13.2 Å². The van der Waals surface area contributed by atoms with Gasteiger partial charge in [0.1, 0.15) is 0 Å². The van der Waals surface area contributed by atoms with Gasteiger partial charge < -0.3 is 15.6 Å². The van der Waals surface area contributed by atoms with Crippen LogP contribution in [0.1, 0.15) is 33.1 Å². The van der Waals surface area contributed by atoms with Crippen LogP contribution in [0.25, 0.3) is 0 Å². The molecule has 0 bridgehead atoms. The highest BCUT2D eigenvalue weighted by atomic mass is 16.5. The summed E-state index contributed by atoms with van der Waals surface area (Å²) in [6.45, 7) is 5.33. The molecular weight excluding hydrogens is 154 g/mol. The second-order valence-electron chi connectivity index (χ2n) is 3.13. The summed E-state index contributed by atoms with van der Waals surface area (Å²) in [7, 11) is 0. The number of rotatable bonds is 7. The first-order valence-electron chi connectivity index (χ1n) is 4.72. The van der Waals surface area contributed by atoms with Crippen LogP contribution in [0.4, 0.5) is 0 Å². The Hall–Kier alpha value is -0.120. The van der Waals surface area contributed by atoms with Crippen LogP contribution < -0.4 is 5.73 Å². The van der Waals surface area contributed by atoms with Crippen LogP contribution >= 0.6 is 0 Å². The predicted molar refractivity (Wildman–Crippen MR) is 50.0 cm³/mol. The van der Waals surface area contributed by atoms with Gasteiger partial charge in [-0.25, -0.2) is 0 Å². The SMILES string of the molecule is CCCOCC(N)CC(O)CC. The molecule has 0 aliphatic rings. The molecular formula is C9H21NO2. The Morgan fingerprint density at radius 3 is 2.58 bits per heavy atom. The summed E-state index contributed by atoms with van der Waals surface area (Å²) in [5.74, 6) is 0. The molecule has 0 aromatic heterocycles. The Kier molecular flexibility index (Phi) is 7.45. The molecule has 0 aliphatic carbocycles. The van der Waals surface area contributed by atoms with E-state index in [9.17, 15) is 5.11 Å². The highest BCUT2D eigenvalue weighted by Crippen LogP contribution is 2.00. The first-order chi connectivity index (χ1) is 5.70. The minimum atomic E-state index is -0.273. The van der Waals surface area contributed by atoms with Crippen molar-refractivity contribution in [2.24, 2.45) is 5.73 Å². The largest absolute Gasteiger partial charge is 0.393 e. The number of aliphatic hydroxyl groups is 1. The molecule has 0 aliphatic heterocycles. The monoisotopic (exact) mass is 175 g/mol. The summed E-state index contributed by atoms with van der Waals surface area (Å²) in [6, 6.07) is -0.0218. The zero-order valence-electron chi connectivity index (χ0n) is 8.12. The average molecular weight is 175 g/mol. The van der Waals surface area contributed by atoms with Crippen LogP contribution in [0.15, 0.2) is 0 Å². The minimum Gasteiger partial charge on any atom is -0.393 e. The molecule has 0 aromatic rings. The van der Waals surface area contributed by atoms with Crippen LogP contribution in [0, 0.1) is 0 Å². The maximum absolute atomic E-state index is 9.25. The Balaban J connectivity index is 3.26. The third-order valence-electron chi connectivity index (χ3n) is 1.73. The van der Waals surface area contributed by atoms with Gasteiger partial charge in [0.15, 0.2) is 0 Å². The second-order valence-corrected chi connectivity index (χ2v) is 3.13. The van der Waals surface area contributed by atoms with Crippen LogP contribution in [-0.2, 0) is 4.74 Å². The maximum atomic E-state index is 9.25. The lowest BCUT2D eigenvalue weighted by Gasteiger charge is -2.14. The number of ether oxygens (including phenoxy) is 1. The van der Waals surface area contributed by atoms with E-state index in [1.165, 1.54) is 0 Å². The topological polar surface area (TPSA) is 55.5 Å². The van der Waals surface area contributed by atoms with Crippen LogP contribution in [0.3, 0.4) is 0 Å². The van der Waals surface area contributed by atoms with E-state index in [4.69, 9.17) is 10.5 Å². The summed E-state index contributed by atoms with van der Waals surface area (Å²) in [6.07, 6.45) is 2.15. The molecule has 12 heavy (non-hydrogen) atoms.